The molecule has 0 aliphatic rings. The molecule has 19 heavy (non-hydrogen) atoms. The van der Waals surface area contributed by atoms with Gasteiger partial charge in [-0.15, -0.1) is 11.8 Å². The summed E-state index contributed by atoms with van der Waals surface area (Å²) in [7, 11) is 0. The average molecular weight is 285 g/mol. The highest BCUT2D eigenvalue weighted by Gasteiger charge is 2.10. The highest BCUT2D eigenvalue weighted by atomic mass is 32.2. The van der Waals surface area contributed by atoms with E-state index >= 15 is 0 Å². The first-order valence-electron chi connectivity index (χ1n) is 5.79. The Hall–Kier alpha value is -1.56. The fourth-order valence-corrected chi connectivity index (χ4v) is 2.23. The highest BCUT2D eigenvalue weighted by molar-refractivity contribution is 7.99. The van der Waals surface area contributed by atoms with Gasteiger partial charge in [0.05, 0.1) is 11.3 Å². The molecule has 1 aromatic carbocycles. The lowest BCUT2D eigenvalue weighted by Crippen LogP contribution is -2.31. The van der Waals surface area contributed by atoms with Gasteiger partial charge in [-0.2, -0.15) is 0 Å². The minimum Gasteiger partial charge on any atom is -0.478 e. The molecule has 0 heterocycles. The number of benzene rings is 1. The number of thioether (sulfide) groups is 1. The van der Waals surface area contributed by atoms with Gasteiger partial charge in [-0.1, -0.05) is 6.07 Å². The molecule has 6 heteroatoms. The van der Waals surface area contributed by atoms with Crippen LogP contribution >= 0.6 is 11.8 Å². The van der Waals surface area contributed by atoms with Gasteiger partial charge in [0.15, 0.2) is 0 Å². The largest absolute Gasteiger partial charge is 0.478 e. The Labute approximate surface area is 115 Å². The van der Waals surface area contributed by atoms with E-state index in [0.717, 1.165) is 0 Å². The monoisotopic (exact) mass is 285 g/mol. The second-order valence-corrected chi connectivity index (χ2v) is 5.32. The van der Waals surface area contributed by atoms with E-state index in [-0.39, 0.29) is 17.5 Å². The van der Waals surface area contributed by atoms with Crippen molar-refractivity contribution in [3.8, 4) is 0 Å². The van der Waals surface area contributed by atoms with Crippen LogP contribution in [0.3, 0.4) is 0 Å². The van der Waals surface area contributed by atoms with Crippen LogP contribution < -0.4 is 5.32 Å². The van der Waals surface area contributed by atoms with Gasteiger partial charge in [-0.25, -0.2) is 9.18 Å². The van der Waals surface area contributed by atoms with Crippen molar-refractivity contribution in [1.29, 1.82) is 0 Å². The Morgan fingerprint density at radius 1 is 1.42 bits per heavy atom. The SMILES string of the molecule is CC(C)NC(=O)CSCc1ccc(C(=O)O)c(F)c1. The van der Waals surface area contributed by atoms with Crippen molar-refractivity contribution in [2.75, 3.05) is 5.75 Å². The number of carboxylic acids is 1. The molecule has 1 amide bonds. The van der Waals surface area contributed by atoms with Crippen molar-refractivity contribution >= 4 is 23.6 Å². The van der Waals surface area contributed by atoms with E-state index in [1.807, 2.05) is 13.8 Å². The van der Waals surface area contributed by atoms with Crippen molar-refractivity contribution in [2.45, 2.75) is 25.6 Å². The lowest BCUT2D eigenvalue weighted by atomic mass is 10.1. The number of rotatable bonds is 6. The molecule has 1 rings (SSSR count). The predicted octanol–water partition coefficient (Wildman–Crippen LogP) is 2.28. The molecule has 0 fully saturated rings. The van der Waals surface area contributed by atoms with Gasteiger partial charge in [-0.05, 0) is 31.5 Å². The van der Waals surface area contributed by atoms with Crippen LogP contribution in [0.15, 0.2) is 18.2 Å². The molecule has 0 saturated carbocycles. The average Bonchev–Trinajstić information content (AvgIpc) is 2.27. The minimum atomic E-state index is -1.28. The molecule has 0 aliphatic heterocycles. The fourth-order valence-electron chi connectivity index (χ4n) is 1.45. The summed E-state index contributed by atoms with van der Waals surface area (Å²) in [5.41, 5.74) is 0.316. The van der Waals surface area contributed by atoms with Gasteiger partial charge < -0.3 is 10.4 Å². The van der Waals surface area contributed by atoms with Crippen molar-refractivity contribution < 1.29 is 19.1 Å². The maximum Gasteiger partial charge on any atom is 0.338 e. The minimum absolute atomic E-state index is 0.0670. The van der Waals surface area contributed by atoms with E-state index < -0.39 is 11.8 Å². The Kier molecular flexibility index (Phi) is 5.82. The number of hydrogen-bond acceptors (Lipinski definition) is 3. The molecule has 104 valence electrons. The van der Waals surface area contributed by atoms with Crippen LogP contribution in [0.1, 0.15) is 29.8 Å². The quantitative estimate of drug-likeness (QED) is 0.841. The van der Waals surface area contributed by atoms with E-state index in [1.165, 1.54) is 23.9 Å². The first-order valence-corrected chi connectivity index (χ1v) is 6.94. The van der Waals surface area contributed by atoms with Gasteiger partial charge in [0, 0.05) is 11.8 Å². The van der Waals surface area contributed by atoms with Crippen molar-refractivity contribution in [2.24, 2.45) is 0 Å². The molecule has 0 radical (unpaired) electrons. The first kappa shape index (κ1) is 15.5. The number of hydrogen-bond donors (Lipinski definition) is 2. The molecule has 4 nitrogen and oxygen atoms in total. The second kappa shape index (κ2) is 7.13. The molecule has 0 saturated heterocycles. The normalized spacial score (nSPS) is 10.5. The number of carbonyl (C=O) groups excluding carboxylic acids is 1. The molecule has 0 atom stereocenters. The summed E-state index contributed by atoms with van der Waals surface area (Å²) in [6.45, 7) is 3.76. The maximum atomic E-state index is 13.4. The molecule has 0 bridgehead atoms. The zero-order valence-corrected chi connectivity index (χ0v) is 11.6. The summed E-state index contributed by atoms with van der Waals surface area (Å²) in [5, 5.41) is 11.4. The second-order valence-electron chi connectivity index (χ2n) is 4.33. The van der Waals surface area contributed by atoms with Gasteiger partial charge in [0.25, 0.3) is 0 Å². The summed E-state index contributed by atoms with van der Waals surface area (Å²) < 4.78 is 13.4. The Morgan fingerprint density at radius 3 is 2.63 bits per heavy atom. The van der Waals surface area contributed by atoms with E-state index in [4.69, 9.17) is 5.11 Å². The molecule has 0 aliphatic carbocycles. The maximum absolute atomic E-state index is 13.4. The van der Waals surface area contributed by atoms with Crippen LogP contribution in [0.4, 0.5) is 4.39 Å². The van der Waals surface area contributed by atoms with E-state index in [1.54, 1.807) is 6.07 Å². The number of halogens is 1. The van der Waals surface area contributed by atoms with Crippen molar-refractivity contribution in [3.05, 3.63) is 35.1 Å². The number of nitrogens with one attached hydrogen (secondary N) is 1. The standard InChI is InChI=1S/C13H16FNO3S/c1-8(2)15-12(16)7-19-6-9-3-4-10(13(17)18)11(14)5-9/h3-5,8H,6-7H2,1-2H3,(H,15,16)(H,17,18). The Balaban J connectivity index is 2.48. The predicted molar refractivity (Wildman–Crippen MR) is 72.8 cm³/mol. The third-order valence-electron chi connectivity index (χ3n) is 2.22. The molecular weight excluding hydrogens is 269 g/mol. The van der Waals surface area contributed by atoms with Crippen LogP contribution in [0.5, 0.6) is 0 Å². The Bertz CT molecular complexity index is 477. The van der Waals surface area contributed by atoms with Crippen LogP contribution in [-0.2, 0) is 10.5 Å². The van der Waals surface area contributed by atoms with Crippen LogP contribution in [0, 0.1) is 5.82 Å². The van der Waals surface area contributed by atoms with Gasteiger partial charge >= 0.3 is 5.97 Å². The fraction of sp³-hybridized carbons (Fsp3) is 0.385. The zero-order chi connectivity index (χ0) is 14.4. The molecular formula is C13H16FNO3S. The summed E-state index contributed by atoms with van der Waals surface area (Å²) in [6.07, 6.45) is 0. The third kappa shape index (κ3) is 5.30. The molecule has 0 aromatic heterocycles. The Morgan fingerprint density at radius 2 is 2.11 bits per heavy atom. The smallest absolute Gasteiger partial charge is 0.338 e. The van der Waals surface area contributed by atoms with Gasteiger partial charge in [-0.3, -0.25) is 4.79 Å². The lowest BCUT2D eigenvalue weighted by Gasteiger charge is -2.08. The topological polar surface area (TPSA) is 66.4 Å². The number of amides is 1. The molecule has 0 unspecified atom stereocenters. The third-order valence-corrected chi connectivity index (χ3v) is 3.22. The van der Waals surface area contributed by atoms with E-state index in [0.29, 0.717) is 17.1 Å². The number of aromatic carboxylic acids is 1. The molecule has 2 N–H and O–H groups in total. The zero-order valence-electron chi connectivity index (χ0n) is 10.8. The number of carboxylic acid groups (broad SMARTS) is 1. The van der Waals surface area contributed by atoms with Crippen LogP contribution in [0.25, 0.3) is 0 Å². The lowest BCUT2D eigenvalue weighted by molar-refractivity contribution is -0.119. The van der Waals surface area contributed by atoms with E-state index in [2.05, 4.69) is 5.32 Å². The molecule has 1 aromatic rings. The van der Waals surface area contributed by atoms with Crippen molar-refractivity contribution in [3.63, 3.8) is 0 Å². The summed E-state index contributed by atoms with van der Waals surface area (Å²) >= 11 is 1.35. The van der Waals surface area contributed by atoms with Gasteiger partial charge in [0.2, 0.25) is 5.91 Å². The summed E-state index contributed by atoms with van der Waals surface area (Å²) in [6, 6.07) is 4.08. The van der Waals surface area contributed by atoms with Crippen molar-refractivity contribution in [1.82, 2.24) is 5.32 Å². The van der Waals surface area contributed by atoms with E-state index in [9.17, 15) is 14.0 Å². The summed E-state index contributed by atoms with van der Waals surface area (Å²) in [4.78, 5) is 22.0. The highest BCUT2D eigenvalue weighted by Crippen LogP contribution is 2.16. The first-order chi connectivity index (χ1) is 8.90. The number of carbonyl (C=O) groups is 2. The van der Waals surface area contributed by atoms with Crippen LogP contribution in [-0.4, -0.2) is 28.8 Å². The summed E-state index contributed by atoms with van der Waals surface area (Å²) in [5.74, 6) is -1.35. The van der Waals surface area contributed by atoms with Gasteiger partial charge in [0.1, 0.15) is 5.82 Å². The molecule has 0 spiro atoms. The van der Waals surface area contributed by atoms with Crippen LogP contribution in [0.2, 0.25) is 0 Å².